The van der Waals surface area contributed by atoms with Crippen LogP contribution in [0.2, 0.25) is 0 Å². The molecule has 5 nitrogen and oxygen atoms in total. The summed E-state index contributed by atoms with van der Waals surface area (Å²) in [7, 11) is 0. The van der Waals surface area contributed by atoms with Gasteiger partial charge >= 0.3 is 0 Å². The van der Waals surface area contributed by atoms with Crippen molar-refractivity contribution >= 4 is 28.6 Å². The van der Waals surface area contributed by atoms with Crippen LogP contribution in [0.1, 0.15) is 17.2 Å². The number of amides is 1. The Bertz CT molecular complexity index is 1530. The molecule has 1 amide bonds. The lowest BCUT2D eigenvalue weighted by atomic mass is 9.99. The monoisotopic (exact) mass is 495 g/mol. The molecular formula is C29H22FN3O2S. The first kappa shape index (κ1) is 23.5. The number of hydrogen-bond acceptors (Lipinski definition) is 4. The summed E-state index contributed by atoms with van der Waals surface area (Å²) in [4.78, 5) is 31.1. The number of nitrogens with one attached hydrogen (secondary N) is 1. The topological polar surface area (TPSA) is 64.0 Å². The Morgan fingerprint density at radius 1 is 0.833 bits per heavy atom. The van der Waals surface area contributed by atoms with E-state index in [1.54, 1.807) is 36.4 Å². The van der Waals surface area contributed by atoms with Gasteiger partial charge < -0.3 is 5.32 Å². The molecule has 0 fully saturated rings. The Morgan fingerprint density at radius 2 is 1.42 bits per heavy atom. The Balaban J connectivity index is 1.46. The van der Waals surface area contributed by atoms with E-state index in [-0.39, 0.29) is 34.1 Å². The molecule has 0 atom stereocenters. The maximum absolute atomic E-state index is 14.7. The summed E-state index contributed by atoms with van der Waals surface area (Å²) in [5, 5.41) is 3.72. The molecular weight excluding hydrogens is 473 g/mol. The molecule has 4 aromatic carbocycles. The van der Waals surface area contributed by atoms with Crippen molar-refractivity contribution in [2.45, 2.75) is 11.2 Å². The highest BCUT2D eigenvalue weighted by Gasteiger charge is 2.20. The largest absolute Gasteiger partial charge is 0.344 e. The highest BCUT2D eigenvalue weighted by molar-refractivity contribution is 7.99. The fourth-order valence-corrected chi connectivity index (χ4v) is 4.85. The Hall–Kier alpha value is -4.23. The number of benzene rings is 4. The molecule has 0 aliphatic rings. The average Bonchev–Trinajstić information content (AvgIpc) is 2.92. The number of aromatic nitrogens is 2. The van der Waals surface area contributed by atoms with Crippen LogP contribution in [-0.2, 0) is 4.79 Å². The van der Waals surface area contributed by atoms with Gasteiger partial charge in [-0.1, -0.05) is 96.7 Å². The maximum Gasteiger partial charge on any atom is 0.266 e. The van der Waals surface area contributed by atoms with Crippen molar-refractivity contribution in [2.24, 2.45) is 0 Å². The minimum Gasteiger partial charge on any atom is -0.344 e. The zero-order valence-corrected chi connectivity index (χ0v) is 20.0. The van der Waals surface area contributed by atoms with Crippen LogP contribution in [0.4, 0.5) is 4.39 Å². The predicted molar refractivity (Wildman–Crippen MR) is 141 cm³/mol. The smallest absolute Gasteiger partial charge is 0.266 e. The van der Waals surface area contributed by atoms with Gasteiger partial charge in [0.2, 0.25) is 5.91 Å². The van der Waals surface area contributed by atoms with Crippen LogP contribution >= 0.6 is 11.8 Å². The SMILES string of the molecule is O=C(CSc1nc2ccccc2c(=O)n1-c1ccccc1F)NC(c1ccccc1)c1ccccc1. The van der Waals surface area contributed by atoms with Gasteiger partial charge in [-0.15, -0.1) is 0 Å². The van der Waals surface area contributed by atoms with Crippen molar-refractivity contribution in [3.63, 3.8) is 0 Å². The summed E-state index contributed by atoms with van der Waals surface area (Å²) in [5.41, 5.74) is 2.10. The minimum atomic E-state index is -0.545. The van der Waals surface area contributed by atoms with Crippen LogP contribution in [0.25, 0.3) is 16.6 Å². The molecule has 1 heterocycles. The van der Waals surface area contributed by atoms with E-state index in [4.69, 9.17) is 0 Å². The molecule has 0 bridgehead atoms. The molecule has 178 valence electrons. The van der Waals surface area contributed by atoms with E-state index in [1.807, 2.05) is 60.7 Å². The van der Waals surface area contributed by atoms with Gasteiger partial charge in [-0.05, 0) is 35.4 Å². The first-order chi connectivity index (χ1) is 17.6. The zero-order valence-electron chi connectivity index (χ0n) is 19.2. The summed E-state index contributed by atoms with van der Waals surface area (Å²) >= 11 is 1.09. The fraction of sp³-hybridized carbons (Fsp3) is 0.0690. The van der Waals surface area contributed by atoms with Gasteiger partial charge in [0.05, 0.1) is 28.4 Å². The van der Waals surface area contributed by atoms with Gasteiger partial charge in [-0.3, -0.25) is 14.2 Å². The van der Waals surface area contributed by atoms with Gasteiger partial charge in [0.15, 0.2) is 5.16 Å². The number of nitrogens with zero attached hydrogens (tertiary/aromatic N) is 2. The van der Waals surface area contributed by atoms with Gasteiger partial charge in [-0.25, -0.2) is 9.37 Å². The molecule has 1 N–H and O–H groups in total. The number of thioether (sulfide) groups is 1. The van der Waals surface area contributed by atoms with Crippen molar-refractivity contribution in [1.82, 2.24) is 14.9 Å². The molecule has 0 unspecified atom stereocenters. The second kappa shape index (κ2) is 10.6. The minimum absolute atomic E-state index is 0.00456. The molecule has 36 heavy (non-hydrogen) atoms. The zero-order chi connectivity index (χ0) is 24.9. The second-order valence-corrected chi connectivity index (χ2v) is 9.06. The van der Waals surface area contributed by atoms with Gasteiger partial charge in [-0.2, -0.15) is 0 Å². The first-order valence-corrected chi connectivity index (χ1v) is 12.4. The van der Waals surface area contributed by atoms with Crippen LogP contribution in [0.3, 0.4) is 0 Å². The van der Waals surface area contributed by atoms with E-state index in [9.17, 15) is 14.0 Å². The summed E-state index contributed by atoms with van der Waals surface area (Å²) in [6, 6.07) is 32.0. The normalized spacial score (nSPS) is 11.1. The van der Waals surface area contributed by atoms with Crippen LogP contribution in [0.15, 0.2) is 119 Å². The number of hydrogen-bond donors (Lipinski definition) is 1. The molecule has 0 spiro atoms. The van der Waals surface area contributed by atoms with Crippen molar-refractivity contribution in [3.05, 3.63) is 136 Å². The standard InChI is InChI=1S/C29H22FN3O2S/c30-23-16-8-10-18-25(23)33-28(35)22-15-7-9-17-24(22)31-29(33)36-19-26(34)32-27(20-11-3-1-4-12-20)21-13-5-2-6-14-21/h1-18,27H,19H2,(H,32,34). The van der Waals surface area contributed by atoms with Crippen molar-refractivity contribution in [3.8, 4) is 5.69 Å². The molecule has 5 aromatic rings. The van der Waals surface area contributed by atoms with Crippen molar-refractivity contribution < 1.29 is 9.18 Å². The molecule has 0 aliphatic heterocycles. The molecule has 0 saturated heterocycles. The van der Waals surface area contributed by atoms with Gasteiger partial charge in [0, 0.05) is 0 Å². The number of halogens is 1. The van der Waals surface area contributed by atoms with Crippen molar-refractivity contribution in [2.75, 3.05) is 5.75 Å². The third kappa shape index (κ3) is 4.92. The highest BCUT2D eigenvalue weighted by Crippen LogP contribution is 2.25. The molecule has 7 heteroatoms. The summed E-state index contributed by atoms with van der Waals surface area (Å²) in [5.74, 6) is -0.786. The third-order valence-electron chi connectivity index (χ3n) is 5.74. The number of rotatable bonds is 7. The molecule has 5 rings (SSSR count). The molecule has 0 aliphatic carbocycles. The summed E-state index contributed by atoms with van der Waals surface area (Å²) in [6.07, 6.45) is 0. The Labute approximate surface area is 211 Å². The van der Waals surface area contributed by atoms with E-state index in [2.05, 4.69) is 10.3 Å². The first-order valence-electron chi connectivity index (χ1n) is 11.4. The lowest BCUT2D eigenvalue weighted by Crippen LogP contribution is -2.31. The lowest BCUT2D eigenvalue weighted by Gasteiger charge is -2.20. The van der Waals surface area contributed by atoms with E-state index in [0.29, 0.717) is 10.9 Å². The maximum atomic E-state index is 14.7. The van der Waals surface area contributed by atoms with Crippen LogP contribution in [0.5, 0.6) is 0 Å². The van der Waals surface area contributed by atoms with E-state index >= 15 is 0 Å². The summed E-state index contributed by atoms with van der Waals surface area (Å²) in [6.45, 7) is 0. The second-order valence-electron chi connectivity index (χ2n) is 8.11. The molecule has 0 saturated carbocycles. The Kier molecular flexibility index (Phi) is 6.91. The van der Waals surface area contributed by atoms with Crippen molar-refractivity contribution in [1.29, 1.82) is 0 Å². The van der Waals surface area contributed by atoms with Crippen LogP contribution < -0.4 is 10.9 Å². The highest BCUT2D eigenvalue weighted by atomic mass is 32.2. The molecule has 0 radical (unpaired) electrons. The lowest BCUT2D eigenvalue weighted by molar-refractivity contribution is -0.119. The van der Waals surface area contributed by atoms with Gasteiger partial charge in [0.25, 0.3) is 5.56 Å². The van der Waals surface area contributed by atoms with Crippen LogP contribution in [0, 0.1) is 5.82 Å². The number of fused-ring (bicyclic) bond motifs is 1. The fourth-order valence-electron chi connectivity index (χ4n) is 4.04. The number of carbonyl (C=O) groups is 1. The number of para-hydroxylation sites is 2. The summed E-state index contributed by atoms with van der Waals surface area (Å²) < 4.78 is 15.9. The Morgan fingerprint density at radius 3 is 2.08 bits per heavy atom. The van der Waals surface area contributed by atoms with E-state index < -0.39 is 5.82 Å². The van der Waals surface area contributed by atoms with E-state index in [1.165, 1.54) is 16.7 Å². The molecule has 1 aromatic heterocycles. The number of carbonyl (C=O) groups excluding carboxylic acids is 1. The van der Waals surface area contributed by atoms with Crippen LogP contribution in [-0.4, -0.2) is 21.2 Å². The average molecular weight is 496 g/mol. The van der Waals surface area contributed by atoms with Gasteiger partial charge in [0.1, 0.15) is 5.82 Å². The third-order valence-corrected chi connectivity index (χ3v) is 6.68. The quantitative estimate of drug-likeness (QED) is 0.238. The predicted octanol–water partition coefficient (Wildman–Crippen LogP) is 5.52. The van der Waals surface area contributed by atoms with E-state index in [0.717, 1.165) is 22.9 Å².